The Bertz CT molecular complexity index is 701. The van der Waals surface area contributed by atoms with Crippen LogP contribution in [0.3, 0.4) is 0 Å². The van der Waals surface area contributed by atoms with Crippen LogP contribution in [-0.2, 0) is 4.79 Å². The van der Waals surface area contributed by atoms with Crippen molar-refractivity contribution in [3.05, 3.63) is 36.0 Å². The van der Waals surface area contributed by atoms with E-state index >= 15 is 0 Å². The summed E-state index contributed by atoms with van der Waals surface area (Å²) in [5.74, 6) is -0.162. The zero-order valence-corrected chi connectivity index (χ0v) is 15.1. The summed E-state index contributed by atoms with van der Waals surface area (Å²) >= 11 is 0. The van der Waals surface area contributed by atoms with Gasteiger partial charge in [0, 0.05) is 17.4 Å². The molecule has 1 aromatic carbocycles. The van der Waals surface area contributed by atoms with E-state index in [-0.39, 0.29) is 24.9 Å². The monoisotopic (exact) mass is 345 g/mol. The standard InChI is InChI=1S/C19H27N3O3/c1-13(2)8-9-19(3,25)12-21-17(23)11-20-18(24)16-10-14-6-4-5-7-15(14)22-16/h4-7,10,13,22,25H,8-9,11-12H2,1-3H3,(H,20,24)(H,21,23). The SMILES string of the molecule is CC(C)CCC(C)(O)CNC(=O)CNC(=O)c1cc2ccccc2[nH]1. The van der Waals surface area contributed by atoms with E-state index in [1.807, 2.05) is 24.3 Å². The number of nitrogens with one attached hydrogen (secondary N) is 3. The number of aliphatic hydroxyl groups is 1. The summed E-state index contributed by atoms with van der Waals surface area (Å²) in [5.41, 5.74) is 0.345. The Morgan fingerprint density at radius 1 is 1.24 bits per heavy atom. The molecule has 1 aromatic heterocycles. The van der Waals surface area contributed by atoms with Crippen molar-refractivity contribution < 1.29 is 14.7 Å². The molecule has 0 aliphatic heterocycles. The molecule has 2 aromatic rings. The highest BCUT2D eigenvalue weighted by Gasteiger charge is 2.21. The first-order valence-electron chi connectivity index (χ1n) is 8.62. The normalized spacial score (nSPS) is 13.6. The number of aromatic amines is 1. The molecule has 6 heteroatoms. The first-order chi connectivity index (χ1) is 11.8. The lowest BCUT2D eigenvalue weighted by Gasteiger charge is -2.24. The number of hydrogen-bond acceptors (Lipinski definition) is 3. The van der Waals surface area contributed by atoms with Gasteiger partial charge in [-0.05, 0) is 37.8 Å². The molecular formula is C19H27N3O3. The van der Waals surface area contributed by atoms with Crippen molar-refractivity contribution in [2.75, 3.05) is 13.1 Å². The minimum Gasteiger partial charge on any atom is -0.388 e. The highest BCUT2D eigenvalue weighted by molar-refractivity contribution is 5.99. The van der Waals surface area contributed by atoms with Crippen molar-refractivity contribution in [1.82, 2.24) is 15.6 Å². The van der Waals surface area contributed by atoms with Crippen LogP contribution < -0.4 is 10.6 Å². The molecule has 1 heterocycles. The van der Waals surface area contributed by atoms with Crippen molar-refractivity contribution in [2.24, 2.45) is 5.92 Å². The maximum Gasteiger partial charge on any atom is 0.268 e. The fourth-order valence-corrected chi connectivity index (χ4v) is 2.49. The number of hydrogen-bond donors (Lipinski definition) is 4. The fraction of sp³-hybridized carbons (Fsp3) is 0.474. The number of aromatic nitrogens is 1. The minimum atomic E-state index is -0.943. The average molecular weight is 345 g/mol. The van der Waals surface area contributed by atoms with Gasteiger partial charge in [0.2, 0.25) is 5.91 Å². The van der Waals surface area contributed by atoms with E-state index in [1.54, 1.807) is 13.0 Å². The summed E-state index contributed by atoms with van der Waals surface area (Å²) in [6, 6.07) is 9.33. The average Bonchev–Trinajstić information content (AvgIpc) is 3.00. The third-order valence-electron chi connectivity index (χ3n) is 4.11. The van der Waals surface area contributed by atoms with Crippen LogP contribution in [0.5, 0.6) is 0 Å². The lowest BCUT2D eigenvalue weighted by molar-refractivity contribution is -0.121. The highest BCUT2D eigenvalue weighted by Crippen LogP contribution is 2.15. The molecule has 1 atom stereocenters. The molecule has 136 valence electrons. The summed E-state index contributed by atoms with van der Waals surface area (Å²) in [6.07, 6.45) is 1.51. The van der Waals surface area contributed by atoms with Gasteiger partial charge in [-0.25, -0.2) is 0 Å². The second kappa shape index (κ2) is 8.16. The molecule has 25 heavy (non-hydrogen) atoms. The molecule has 4 N–H and O–H groups in total. The molecule has 0 aliphatic carbocycles. The molecular weight excluding hydrogens is 318 g/mol. The van der Waals surface area contributed by atoms with Gasteiger partial charge in [0.15, 0.2) is 0 Å². The summed E-state index contributed by atoms with van der Waals surface area (Å²) in [7, 11) is 0. The van der Waals surface area contributed by atoms with Gasteiger partial charge in [0.1, 0.15) is 5.69 Å². The number of carbonyl (C=O) groups excluding carboxylic acids is 2. The number of benzene rings is 1. The van der Waals surface area contributed by atoms with Crippen molar-refractivity contribution in [2.45, 2.75) is 39.2 Å². The van der Waals surface area contributed by atoms with Crippen molar-refractivity contribution in [1.29, 1.82) is 0 Å². The van der Waals surface area contributed by atoms with E-state index in [0.717, 1.165) is 17.3 Å². The van der Waals surface area contributed by atoms with Gasteiger partial charge in [0.05, 0.1) is 12.1 Å². The van der Waals surface area contributed by atoms with Gasteiger partial charge in [-0.15, -0.1) is 0 Å². The van der Waals surface area contributed by atoms with Crippen LogP contribution in [0.4, 0.5) is 0 Å². The minimum absolute atomic E-state index is 0.130. The first-order valence-corrected chi connectivity index (χ1v) is 8.62. The Kier molecular flexibility index (Phi) is 6.20. The van der Waals surface area contributed by atoms with E-state index in [0.29, 0.717) is 18.0 Å². The second-order valence-electron chi connectivity index (χ2n) is 7.16. The van der Waals surface area contributed by atoms with Crippen LogP contribution in [0.2, 0.25) is 0 Å². The molecule has 2 rings (SSSR count). The van der Waals surface area contributed by atoms with Crippen LogP contribution >= 0.6 is 0 Å². The zero-order chi connectivity index (χ0) is 18.4. The Labute approximate surface area is 148 Å². The molecule has 0 saturated carbocycles. The van der Waals surface area contributed by atoms with Gasteiger partial charge in [0.25, 0.3) is 5.91 Å². The van der Waals surface area contributed by atoms with Crippen LogP contribution in [0.25, 0.3) is 10.9 Å². The maximum atomic E-state index is 12.1. The molecule has 0 aliphatic rings. The Balaban J connectivity index is 1.78. The van der Waals surface area contributed by atoms with E-state index in [1.165, 1.54) is 0 Å². The van der Waals surface area contributed by atoms with Crippen LogP contribution in [0, 0.1) is 5.92 Å². The zero-order valence-electron chi connectivity index (χ0n) is 15.1. The highest BCUT2D eigenvalue weighted by atomic mass is 16.3. The summed E-state index contributed by atoms with van der Waals surface area (Å²) in [6.45, 7) is 5.93. The van der Waals surface area contributed by atoms with E-state index in [9.17, 15) is 14.7 Å². The van der Waals surface area contributed by atoms with Crippen molar-refractivity contribution in [3.8, 4) is 0 Å². The number of para-hydroxylation sites is 1. The fourth-order valence-electron chi connectivity index (χ4n) is 2.49. The summed E-state index contributed by atoms with van der Waals surface area (Å²) in [4.78, 5) is 27.0. The number of amides is 2. The quantitative estimate of drug-likeness (QED) is 0.591. The molecule has 0 bridgehead atoms. The number of rotatable bonds is 8. The number of H-pyrrole nitrogens is 1. The Hall–Kier alpha value is -2.34. The third-order valence-corrected chi connectivity index (χ3v) is 4.11. The van der Waals surface area contributed by atoms with Crippen LogP contribution in [-0.4, -0.2) is 40.6 Å². The molecule has 0 saturated heterocycles. The molecule has 6 nitrogen and oxygen atoms in total. The van der Waals surface area contributed by atoms with E-state index in [2.05, 4.69) is 29.5 Å². The third kappa shape index (κ3) is 5.90. The smallest absolute Gasteiger partial charge is 0.268 e. The predicted octanol–water partition coefficient (Wildman–Crippen LogP) is 2.20. The van der Waals surface area contributed by atoms with Gasteiger partial charge in [-0.1, -0.05) is 32.0 Å². The molecule has 2 amide bonds. The summed E-state index contributed by atoms with van der Waals surface area (Å²) in [5, 5.41) is 16.4. The molecule has 1 unspecified atom stereocenters. The Morgan fingerprint density at radius 3 is 2.64 bits per heavy atom. The number of fused-ring (bicyclic) bond motifs is 1. The largest absolute Gasteiger partial charge is 0.388 e. The van der Waals surface area contributed by atoms with Gasteiger partial charge in [-0.3, -0.25) is 9.59 Å². The van der Waals surface area contributed by atoms with Gasteiger partial charge < -0.3 is 20.7 Å². The second-order valence-corrected chi connectivity index (χ2v) is 7.16. The van der Waals surface area contributed by atoms with Crippen molar-refractivity contribution >= 4 is 22.7 Å². The topological polar surface area (TPSA) is 94.2 Å². The predicted molar refractivity (Wildman–Crippen MR) is 98.3 cm³/mol. The molecule has 0 radical (unpaired) electrons. The summed E-state index contributed by atoms with van der Waals surface area (Å²) < 4.78 is 0. The Morgan fingerprint density at radius 2 is 1.96 bits per heavy atom. The maximum absolute atomic E-state index is 12.1. The number of carbonyl (C=O) groups is 2. The van der Waals surface area contributed by atoms with Gasteiger partial charge >= 0.3 is 0 Å². The van der Waals surface area contributed by atoms with Crippen LogP contribution in [0.1, 0.15) is 44.1 Å². The lowest BCUT2D eigenvalue weighted by Crippen LogP contribution is -2.44. The van der Waals surface area contributed by atoms with E-state index < -0.39 is 5.60 Å². The first kappa shape index (κ1) is 19.0. The van der Waals surface area contributed by atoms with Crippen molar-refractivity contribution in [3.63, 3.8) is 0 Å². The molecule has 0 fully saturated rings. The molecule has 0 spiro atoms. The lowest BCUT2D eigenvalue weighted by atomic mass is 9.95. The van der Waals surface area contributed by atoms with E-state index in [4.69, 9.17) is 0 Å². The van der Waals surface area contributed by atoms with Gasteiger partial charge in [-0.2, -0.15) is 0 Å². The van der Waals surface area contributed by atoms with Crippen LogP contribution in [0.15, 0.2) is 30.3 Å².